The molecule has 1 aromatic heterocycles. The molecule has 1 aliphatic rings. The van der Waals surface area contributed by atoms with Gasteiger partial charge in [-0.1, -0.05) is 44.2 Å². The van der Waals surface area contributed by atoms with E-state index in [4.69, 9.17) is 4.42 Å². The first-order valence-electron chi connectivity index (χ1n) is 8.67. The number of carbonyl (C=O) groups excluding carboxylic acids is 1. The fourth-order valence-electron chi connectivity index (χ4n) is 3.30. The average molecular weight is 337 g/mol. The van der Waals surface area contributed by atoms with Gasteiger partial charge in [0.1, 0.15) is 11.8 Å². The second-order valence-corrected chi connectivity index (χ2v) is 6.62. The second kappa shape index (κ2) is 7.54. The zero-order chi connectivity index (χ0) is 17.8. The van der Waals surface area contributed by atoms with Crippen LogP contribution < -0.4 is 0 Å². The first-order valence-corrected chi connectivity index (χ1v) is 8.67. The number of hydrogen-bond acceptors (Lipinski definition) is 4. The van der Waals surface area contributed by atoms with Gasteiger partial charge in [0.15, 0.2) is 0 Å². The minimum Gasteiger partial charge on any atom is -0.468 e. The van der Waals surface area contributed by atoms with Crippen LogP contribution >= 0.6 is 0 Å². The summed E-state index contributed by atoms with van der Waals surface area (Å²) in [5, 5.41) is 9.57. The first kappa shape index (κ1) is 17.2. The van der Waals surface area contributed by atoms with E-state index < -0.39 is 0 Å². The van der Waals surface area contributed by atoms with E-state index in [0.29, 0.717) is 31.7 Å². The molecule has 5 nitrogen and oxygen atoms in total. The Bertz CT molecular complexity index is 753. The lowest BCUT2D eigenvalue weighted by Crippen LogP contribution is -2.49. The fourth-order valence-corrected chi connectivity index (χ4v) is 3.30. The fraction of sp³-hybridized carbons (Fsp3) is 0.400. The molecule has 1 amide bonds. The van der Waals surface area contributed by atoms with Crippen LogP contribution in [0.5, 0.6) is 0 Å². The van der Waals surface area contributed by atoms with E-state index in [0.717, 1.165) is 11.3 Å². The van der Waals surface area contributed by atoms with Crippen LogP contribution in [0.15, 0.2) is 47.1 Å². The summed E-state index contributed by atoms with van der Waals surface area (Å²) in [5.74, 6) is 0.938. The number of benzene rings is 1. The lowest BCUT2D eigenvalue weighted by atomic mass is 10.0. The van der Waals surface area contributed by atoms with Crippen molar-refractivity contribution in [1.82, 2.24) is 9.80 Å². The number of nitriles is 1. The highest BCUT2D eigenvalue weighted by atomic mass is 16.3. The van der Waals surface area contributed by atoms with Crippen LogP contribution in [0.1, 0.15) is 47.5 Å². The number of furan rings is 1. The zero-order valence-electron chi connectivity index (χ0n) is 14.7. The predicted molar refractivity (Wildman–Crippen MR) is 95.1 cm³/mol. The molecule has 0 aliphatic carbocycles. The molecule has 0 bridgehead atoms. The van der Waals surface area contributed by atoms with Gasteiger partial charge in [-0.25, -0.2) is 0 Å². The van der Waals surface area contributed by atoms with Crippen molar-refractivity contribution >= 4 is 5.91 Å². The van der Waals surface area contributed by atoms with Crippen molar-refractivity contribution in [3.8, 4) is 6.07 Å². The molecule has 25 heavy (non-hydrogen) atoms. The Balaban J connectivity index is 1.66. The lowest BCUT2D eigenvalue weighted by Gasteiger charge is -2.37. The topological polar surface area (TPSA) is 60.5 Å². The second-order valence-electron chi connectivity index (χ2n) is 6.62. The molecule has 1 aliphatic heterocycles. The van der Waals surface area contributed by atoms with Gasteiger partial charge in [0.25, 0.3) is 5.91 Å². The van der Waals surface area contributed by atoms with Crippen LogP contribution in [-0.4, -0.2) is 41.9 Å². The zero-order valence-corrected chi connectivity index (χ0v) is 14.7. The van der Waals surface area contributed by atoms with Gasteiger partial charge in [-0.3, -0.25) is 9.69 Å². The average Bonchev–Trinajstić information content (AvgIpc) is 3.13. The quantitative estimate of drug-likeness (QED) is 0.857. The highest BCUT2D eigenvalue weighted by molar-refractivity contribution is 5.95. The summed E-state index contributed by atoms with van der Waals surface area (Å²) in [6.45, 7) is 6.65. The van der Waals surface area contributed by atoms with Gasteiger partial charge in [0, 0.05) is 32.1 Å². The van der Waals surface area contributed by atoms with Crippen molar-refractivity contribution in [2.75, 3.05) is 26.2 Å². The Morgan fingerprint density at radius 2 is 1.80 bits per heavy atom. The summed E-state index contributed by atoms with van der Waals surface area (Å²) >= 11 is 0. The van der Waals surface area contributed by atoms with E-state index in [1.54, 1.807) is 12.3 Å². The predicted octanol–water partition coefficient (Wildman–Crippen LogP) is 3.43. The van der Waals surface area contributed by atoms with Gasteiger partial charge >= 0.3 is 0 Å². The van der Waals surface area contributed by atoms with E-state index in [2.05, 4.69) is 11.0 Å². The smallest absolute Gasteiger partial charge is 0.257 e. The monoisotopic (exact) mass is 337 g/mol. The molecule has 3 rings (SSSR count). The summed E-state index contributed by atoms with van der Waals surface area (Å²) in [6.07, 6.45) is 1.58. The van der Waals surface area contributed by atoms with Crippen LogP contribution in [0.4, 0.5) is 0 Å². The normalized spacial score (nSPS) is 16.6. The summed E-state index contributed by atoms with van der Waals surface area (Å²) in [5.41, 5.74) is 1.66. The molecule has 2 heterocycles. The molecule has 0 spiro atoms. The number of amides is 1. The van der Waals surface area contributed by atoms with Crippen LogP contribution in [0.2, 0.25) is 0 Å². The molecule has 1 aromatic carbocycles. The summed E-state index contributed by atoms with van der Waals surface area (Å²) < 4.78 is 5.47. The Kier molecular flexibility index (Phi) is 5.20. The third-order valence-electron chi connectivity index (χ3n) is 4.65. The number of piperazine rings is 1. The minimum absolute atomic E-state index is 0.0188. The van der Waals surface area contributed by atoms with Crippen LogP contribution in [0, 0.1) is 11.3 Å². The first-order chi connectivity index (χ1) is 12.1. The summed E-state index contributed by atoms with van der Waals surface area (Å²) in [4.78, 5) is 16.8. The van der Waals surface area contributed by atoms with E-state index in [1.165, 1.54) is 0 Å². The van der Waals surface area contributed by atoms with Crippen molar-refractivity contribution < 1.29 is 9.21 Å². The van der Waals surface area contributed by atoms with Crippen molar-refractivity contribution in [2.45, 2.75) is 25.8 Å². The van der Waals surface area contributed by atoms with Gasteiger partial charge in [-0.2, -0.15) is 5.26 Å². The Morgan fingerprint density at radius 3 is 2.40 bits per heavy atom. The van der Waals surface area contributed by atoms with Gasteiger partial charge in [0.05, 0.1) is 17.9 Å². The molecule has 0 N–H and O–H groups in total. The van der Waals surface area contributed by atoms with E-state index in [-0.39, 0.29) is 17.9 Å². The molecule has 1 atom stereocenters. The van der Waals surface area contributed by atoms with E-state index in [9.17, 15) is 10.1 Å². The molecule has 1 unspecified atom stereocenters. The molecular formula is C20H23N3O2. The number of hydrogen-bond donors (Lipinski definition) is 0. The van der Waals surface area contributed by atoms with Crippen molar-refractivity contribution in [1.29, 1.82) is 5.26 Å². The van der Waals surface area contributed by atoms with Crippen molar-refractivity contribution in [3.63, 3.8) is 0 Å². The maximum absolute atomic E-state index is 12.8. The summed E-state index contributed by atoms with van der Waals surface area (Å²) in [7, 11) is 0. The van der Waals surface area contributed by atoms with Crippen LogP contribution in [0.25, 0.3) is 0 Å². The maximum atomic E-state index is 12.8. The van der Waals surface area contributed by atoms with Gasteiger partial charge in [-0.15, -0.1) is 0 Å². The molecule has 2 aromatic rings. The van der Waals surface area contributed by atoms with E-state index in [1.807, 2.05) is 49.1 Å². The molecule has 5 heteroatoms. The van der Waals surface area contributed by atoms with Crippen molar-refractivity contribution in [2.24, 2.45) is 0 Å². The standard InChI is InChI=1S/C20H23N3O2/c1-15(2)19-17(8-13-25-19)20(24)23-11-9-22(10-12-23)18(14-21)16-6-4-3-5-7-16/h3-8,13,15,18H,9-12H2,1-2H3. The van der Waals surface area contributed by atoms with E-state index >= 15 is 0 Å². The highest BCUT2D eigenvalue weighted by Crippen LogP contribution is 2.24. The van der Waals surface area contributed by atoms with Crippen LogP contribution in [-0.2, 0) is 0 Å². The molecule has 1 saturated heterocycles. The SMILES string of the molecule is CC(C)c1occc1C(=O)N1CCN(C(C#N)c2ccccc2)CC1. The van der Waals surface area contributed by atoms with Gasteiger partial charge in [0.2, 0.25) is 0 Å². The van der Waals surface area contributed by atoms with Crippen molar-refractivity contribution in [3.05, 3.63) is 59.5 Å². The highest BCUT2D eigenvalue weighted by Gasteiger charge is 2.29. The molecule has 0 radical (unpaired) electrons. The maximum Gasteiger partial charge on any atom is 0.257 e. The Hall–Kier alpha value is -2.58. The Morgan fingerprint density at radius 1 is 1.12 bits per heavy atom. The minimum atomic E-state index is -0.265. The summed E-state index contributed by atoms with van der Waals surface area (Å²) in [6, 6.07) is 13.7. The Labute approximate surface area is 148 Å². The van der Waals surface area contributed by atoms with Gasteiger partial charge in [-0.05, 0) is 11.6 Å². The number of carbonyl (C=O) groups is 1. The molecule has 0 saturated carbocycles. The number of nitrogens with zero attached hydrogens (tertiary/aromatic N) is 3. The lowest BCUT2D eigenvalue weighted by molar-refractivity contribution is 0.0603. The number of rotatable bonds is 4. The molecular weight excluding hydrogens is 314 g/mol. The third-order valence-corrected chi connectivity index (χ3v) is 4.65. The van der Waals surface area contributed by atoms with Crippen LogP contribution in [0.3, 0.4) is 0 Å². The largest absolute Gasteiger partial charge is 0.468 e. The third kappa shape index (κ3) is 3.59. The molecule has 130 valence electrons. The van der Waals surface area contributed by atoms with Gasteiger partial charge < -0.3 is 9.32 Å². The molecule has 1 fully saturated rings.